The maximum atomic E-state index is 13.5. The number of aromatic amines is 1. The molecular weight excluding hydrogens is 324 g/mol. The van der Waals surface area contributed by atoms with Crippen LogP contribution in [0.2, 0.25) is 0 Å². The summed E-state index contributed by atoms with van der Waals surface area (Å²) >= 11 is 5.09. The fraction of sp³-hybridized carbons (Fsp3) is 0.133. The van der Waals surface area contributed by atoms with E-state index in [9.17, 15) is 13.6 Å². The lowest BCUT2D eigenvalue weighted by Gasteiger charge is -2.12. The van der Waals surface area contributed by atoms with Gasteiger partial charge in [-0.15, -0.1) is 6.58 Å². The minimum absolute atomic E-state index is 0.0721. The molecule has 0 aromatic carbocycles. The van der Waals surface area contributed by atoms with Crippen LogP contribution in [0.1, 0.15) is 12.0 Å². The molecule has 0 aliphatic heterocycles. The van der Waals surface area contributed by atoms with E-state index >= 15 is 0 Å². The van der Waals surface area contributed by atoms with E-state index in [1.54, 1.807) is 12.1 Å². The average molecular weight is 335 g/mol. The van der Waals surface area contributed by atoms with E-state index in [1.165, 1.54) is 16.9 Å². The van der Waals surface area contributed by atoms with Crippen LogP contribution < -0.4 is 5.56 Å². The van der Waals surface area contributed by atoms with Crippen molar-refractivity contribution in [2.24, 2.45) is 0 Å². The Morgan fingerprint density at radius 3 is 2.91 bits per heavy atom. The summed E-state index contributed by atoms with van der Waals surface area (Å²) in [5.74, 6) is 0.324. The molecule has 0 fully saturated rings. The fourth-order valence-electron chi connectivity index (χ4n) is 2.32. The Bertz CT molecular complexity index is 990. The molecule has 0 aliphatic rings. The van der Waals surface area contributed by atoms with Crippen molar-refractivity contribution in [1.29, 1.82) is 0 Å². The van der Waals surface area contributed by atoms with Crippen LogP contribution in [-0.2, 0) is 6.54 Å². The lowest BCUT2D eigenvalue weighted by atomic mass is 10.1. The number of nitrogens with one attached hydrogen (secondary N) is 1. The number of H-pyrrole nitrogens is 1. The smallest absolute Gasteiger partial charge is 0.264 e. The second kappa shape index (κ2) is 5.88. The molecule has 0 spiro atoms. The van der Waals surface area contributed by atoms with Crippen LogP contribution in [0.25, 0.3) is 22.5 Å². The van der Waals surface area contributed by atoms with E-state index in [1.807, 2.05) is 0 Å². The van der Waals surface area contributed by atoms with Crippen molar-refractivity contribution >= 4 is 23.3 Å². The minimum atomic E-state index is -2.84. The first kappa shape index (κ1) is 15.3. The first-order valence-corrected chi connectivity index (χ1v) is 7.04. The van der Waals surface area contributed by atoms with Crippen LogP contribution in [0.4, 0.5) is 8.78 Å². The van der Waals surface area contributed by atoms with Crippen LogP contribution in [-0.4, -0.2) is 14.5 Å². The molecule has 0 saturated carbocycles. The molecule has 3 rings (SSSR count). The number of nitrogens with zero attached hydrogens (tertiary/aromatic N) is 2. The van der Waals surface area contributed by atoms with Crippen LogP contribution in [0.3, 0.4) is 0 Å². The predicted molar refractivity (Wildman–Crippen MR) is 84.0 cm³/mol. The topological polar surface area (TPSA) is 63.8 Å². The molecule has 0 atom stereocenters. The summed E-state index contributed by atoms with van der Waals surface area (Å²) in [5, 5.41) is -0.189. The van der Waals surface area contributed by atoms with Crippen molar-refractivity contribution in [3.05, 3.63) is 57.8 Å². The second-order valence-corrected chi connectivity index (χ2v) is 5.12. The molecule has 118 valence electrons. The van der Waals surface area contributed by atoms with Gasteiger partial charge in [-0.2, -0.15) is 0 Å². The van der Waals surface area contributed by atoms with E-state index in [0.717, 1.165) is 6.07 Å². The van der Waals surface area contributed by atoms with E-state index in [0.29, 0.717) is 5.76 Å². The number of halogens is 2. The minimum Gasteiger partial charge on any atom is -0.463 e. The quantitative estimate of drug-likeness (QED) is 0.581. The van der Waals surface area contributed by atoms with Gasteiger partial charge in [0.1, 0.15) is 11.3 Å². The molecule has 3 heterocycles. The van der Waals surface area contributed by atoms with Gasteiger partial charge in [0.15, 0.2) is 10.5 Å². The van der Waals surface area contributed by atoms with Crippen molar-refractivity contribution in [1.82, 2.24) is 14.5 Å². The van der Waals surface area contributed by atoms with Gasteiger partial charge in [0.25, 0.3) is 12.0 Å². The number of pyridine rings is 1. The largest absolute Gasteiger partial charge is 0.463 e. The van der Waals surface area contributed by atoms with Crippen molar-refractivity contribution < 1.29 is 13.2 Å². The maximum absolute atomic E-state index is 13.5. The molecule has 0 aliphatic carbocycles. The molecule has 23 heavy (non-hydrogen) atoms. The molecule has 0 unspecified atom stereocenters. The number of furan rings is 1. The van der Waals surface area contributed by atoms with Gasteiger partial charge in [0.2, 0.25) is 0 Å². The Morgan fingerprint density at radius 2 is 2.30 bits per heavy atom. The molecule has 3 aromatic heterocycles. The fourth-order valence-corrected chi connectivity index (χ4v) is 2.58. The highest BCUT2D eigenvalue weighted by atomic mass is 32.1. The van der Waals surface area contributed by atoms with Gasteiger partial charge in [0, 0.05) is 12.1 Å². The molecule has 5 nitrogen and oxygen atoms in total. The molecular formula is C15H11F2N3O2S. The van der Waals surface area contributed by atoms with Crippen molar-refractivity contribution in [2.75, 3.05) is 0 Å². The number of rotatable bonds is 4. The third kappa shape index (κ3) is 2.61. The molecule has 0 radical (unpaired) electrons. The van der Waals surface area contributed by atoms with Gasteiger partial charge in [-0.3, -0.25) is 14.3 Å². The Balaban J connectivity index is 2.48. The van der Waals surface area contributed by atoms with Crippen molar-refractivity contribution in [2.45, 2.75) is 13.0 Å². The zero-order valence-corrected chi connectivity index (χ0v) is 12.6. The van der Waals surface area contributed by atoms with Gasteiger partial charge in [-0.1, -0.05) is 6.08 Å². The SMILES string of the molecule is C=CCn1c(=S)[nH]c(=O)c2c(C(F)F)cc(-c3ccco3)nc21. The highest BCUT2D eigenvalue weighted by molar-refractivity contribution is 7.71. The first-order valence-electron chi connectivity index (χ1n) is 6.63. The zero-order chi connectivity index (χ0) is 16.6. The average Bonchev–Trinajstić information content (AvgIpc) is 3.04. The molecule has 1 N–H and O–H groups in total. The van der Waals surface area contributed by atoms with Gasteiger partial charge in [0.05, 0.1) is 11.6 Å². The summed E-state index contributed by atoms with van der Waals surface area (Å²) in [6, 6.07) is 4.38. The molecule has 3 aromatic rings. The Morgan fingerprint density at radius 1 is 1.52 bits per heavy atom. The van der Waals surface area contributed by atoms with E-state index < -0.39 is 17.5 Å². The number of aromatic nitrogens is 3. The van der Waals surface area contributed by atoms with Crippen LogP contribution in [0.5, 0.6) is 0 Å². The third-order valence-corrected chi connectivity index (χ3v) is 3.62. The summed E-state index contributed by atoms with van der Waals surface area (Å²) < 4.78 is 33.6. The molecule has 0 bridgehead atoms. The molecule has 8 heteroatoms. The standard InChI is InChI=1S/C15H11F2N3O2S/c1-2-5-20-13-11(14(21)19-15(20)23)8(12(16)17)7-9(18-13)10-4-3-6-22-10/h2-4,6-7,12H,1,5H2,(H,19,21,23). The van der Waals surface area contributed by atoms with E-state index in [-0.39, 0.29) is 28.0 Å². The van der Waals surface area contributed by atoms with Gasteiger partial charge in [-0.05, 0) is 30.4 Å². The second-order valence-electron chi connectivity index (χ2n) is 4.73. The number of hydrogen-bond acceptors (Lipinski definition) is 4. The zero-order valence-electron chi connectivity index (χ0n) is 11.8. The lowest BCUT2D eigenvalue weighted by Crippen LogP contribution is -2.17. The van der Waals surface area contributed by atoms with Crippen LogP contribution in [0, 0.1) is 4.77 Å². The molecule has 0 amide bonds. The normalized spacial score (nSPS) is 11.3. The van der Waals surface area contributed by atoms with E-state index in [2.05, 4.69) is 16.5 Å². The number of alkyl halides is 2. The van der Waals surface area contributed by atoms with Crippen LogP contribution in [0.15, 0.2) is 46.3 Å². The van der Waals surface area contributed by atoms with Gasteiger partial charge in [-0.25, -0.2) is 13.8 Å². The Labute approximate surface area is 133 Å². The predicted octanol–water partition coefficient (Wildman–Crippen LogP) is 3.84. The number of allylic oxidation sites excluding steroid dienone is 1. The maximum Gasteiger partial charge on any atom is 0.264 e. The van der Waals surface area contributed by atoms with Crippen molar-refractivity contribution in [3.8, 4) is 11.5 Å². The Kier molecular flexibility index (Phi) is 3.91. The number of fused-ring (bicyclic) bond motifs is 1. The molecule has 0 saturated heterocycles. The number of hydrogen-bond donors (Lipinski definition) is 1. The summed E-state index contributed by atoms with van der Waals surface area (Å²) in [4.78, 5) is 18.8. The third-order valence-electron chi connectivity index (χ3n) is 3.30. The monoisotopic (exact) mass is 335 g/mol. The summed E-state index contributed by atoms with van der Waals surface area (Å²) in [5.41, 5.74) is -0.840. The van der Waals surface area contributed by atoms with Crippen LogP contribution >= 0.6 is 12.2 Å². The van der Waals surface area contributed by atoms with Gasteiger partial charge >= 0.3 is 0 Å². The highest BCUT2D eigenvalue weighted by Crippen LogP contribution is 2.29. The first-order chi connectivity index (χ1) is 11.0. The summed E-state index contributed by atoms with van der Waals surface area (Å²) in [6.45, 7) is 3.83. The summed E-state index contributed by atoms with van der Waals surface area (Å²) in [7, 11) is 0. The Hall–Kier alpha value is -2.61. The summed E-state index contributed by atoms with van der Waals surface area (Å²) in [6.07, 6.45) is 0.109. The van der Waals surface area contributed by atoms with Crippen molar-refractivity contribution in [3.63, 3.8) is 0 Å². The lowest BCUT2D eigenvalue weighted by molar-refractivity contribution is 0.153. The van der Waals surface area contributed by atoms with Gasteiger partial charge < -0.3 is 4.42 Å². The highest BCUT2D eigenvalue weighted by Gasteiger charge is 2.20. The van der Waals surface area contributed by atoms with E-state index in [4.69, 9.17) is 16.6 Å².